The molecule has 1 aromatic rings. The molecule has 3 aliphatic rings. The van der Waals surface area contributed by atoms with Crippen LogP contribution in [0.2, 0.25) is 0 Å². The molecule has 22 heavy (non-hydrogen) atoms. The molecule has 0 unspecified atom stereocenters. The molecule has 2 aliphatic heterocycles. The Balaban J connectivity index is 1.67. The topological polar surface area (TPSA) is 73.5 Å². The lowest BCUT2D eigenvalue weighted by atomic mass is 10.1. The third-order valence-electron chi connectivity index (χ3n) is 5.01. The van der Waals surface area contributed by atoms with E-state index in [1.165, 1.54) is 0 Å². The van der Waals surface area contributed by atoms with Gasteiger partial charge in [-0.05, 0) is 26.7 Å². The van der Waals surface area contributed by atoms with Crippen LogP contribution in [-0.2, 0) is 15.9 Å². The highest BCUT2D eigenvalue weighted by Crippen LogP contribution is 2.46. The van der Waals surface area contributed by atoms with Crippen molar-refractivity contribution in [1.82, 2.24) is 9.97 Å². The SMILES string of the molecule is C=C[C@H]1C[C@@H](N2CCc3c(N)ncnc32)[C@H]2OC(C)(C)O[C@H]21. The molecular formula is C16H22N4O2. The summed E-state index contributed by atoms with van der Waals surface area (Å²) < 4.78 is 12.3. The van der Waals surface area contributed by atoms with Crippen molar-refractivity contribution in [2.45, 2.75) is 50.7 Å². The van der Waals surface area contributed by atoms with E-state index in [2.05, 4.69) is 21.4 Å². The molecule has 6 nitrogen and oxygen atoms in total. The van der Waals surface area contributed by atoms with Crippen LogP contribution < -0.4 is 10.6 Å². The number of hydrogen-bond acceptors (Lipinski definition) is 6. The second kappa shape index (κ2) is 4.67. The summed E-state index contributed by atoms with van der Waals surface area (Å²) in [6.45, 7) is 8.82. The number of hydrogen-bond donors (Lipinski definition) is 1. The lowest BCUT2D eigenvalue weighted by Gasteiger charge is -2.30. The smallest absolute Gasteiger partial charge is 0.163 e. The van der Waals surface area contributed by atoms with Gasteiger partial charge >= 0.3 is 0 Å². The molecule has 0 bridgehead atoms. The summed E-state index contributed by atoms with van der Waals surface area (Å²) in [5.41, 5.74) is 7.04. The molecular weight excluding hydrogens is 280 g/mol. The maximum atomic E-state index is 6.19. The minimum Gasteiger partial charge on any atom is -0.383 e. The number of rotatable bonds is 2. The van der Waals surface area contributed by atoms with Crippen molar-refractivity contribution in [3.63, 3.8) is 0 Å². The molecule has 3 heterocycles. The number of fused-ring (bicyclic) bond motifs is 2. The quantitative estimate of drug-likeness (QED) is 0.835. The maximum Gasteiger partial charge on any atom is 0.163 e. The Bertz CT molecular complexity index is 618. The molecule has 1 aromatic heterocycles. The van der Waals surface area contributed by atoms with Gasteiger partial charge in [-0.2, -0.15) is 0 Å². The fourth-order valence-electron chi connectivity index (χ4n) is 4.09. The predicted molar refractivity (Wildman–Crippen MR) is 83.4 cm³/mol. The molecule has 4 rings (SSSR count). The highest BCUT2D eigenvalue weighted by molar-refractivity contribution is 5.61. The second-order valence-corrected chi connectivity index (χ2v) is 6.77. The monoisotopic (exact) mass is 302 g/mol. The average molecular weight is 302 g/mol. The minimum atomic E-state index is -0.539. The first-order chi connectivity index (χ1) is 10.5. The van der Waals surface area contributed by atoms with E-state index in [1.54, 1.807) is 6.33 Å². The van der Waals surface area contributed by atoms with Gasteiger partial charge in [0, 0.05) is 18.0 Å². The zero-order valence-electron chi connectivity index (χ0n) is 13.0. The van der Waals surface area contributed by atoms with Gasteiger partial charge in [-0.1, -0.05) is 6.08 Å². The highest BCUT2D eigenvalue weighted by atomic mass is 16.8. The number of nitrogens with two attached hydrogens (primary N) is 1. The fourth-order valence-corrected chi connectivity index (χ4v) is 4.09. The fraction of sp³-hybridized carbons (Fsp3) is 0.625. The van der Waals surface area contributed by atoms with Crippen LogP contribution in [0.3, 0.4) is 0 Å². The molecule has 0 amide bonds. The van der Waals surface area contributed by atoms with Crippen molar-refractivity contribution in [3.8, 4) is 0 Å². The lowest BCUT2D eigenvalue weighted by molar-refractivity contribution is -0.155. The van der Waals surface area contributed by atoms with Gasteiger partial charge in [0.1, 0.15) is 24.1 Å². The largest absolute Gasteiger partial charge is 0.383 e. The molecule has 0 spiro atoms. The van der Waals surface area contributed by atoms with Crippen LogP contribution in [0.25, 0.3) is 0 Å². The zero-order chi connectivity index (χ0) is 15.5. The first-order valence-electron chi connectivity index (χ1n) is 7.84. The third-order valence-corrected chi connectivity index (χ3v) is 5.01. The summed E-state index contributed by atoms with van der Waals surface area (Å²) >= 11 is 0. The Morgan fingerprint density at radius 3 is 2.91 bits per heavy atom. The summed E-state index contributed by atoms with van der Waals surface area (Å²) in [6, 6.07) is 0.241. The van der Waals surface area contributed by atoms with E-state index in [9.17, 15) is 0 Å². The molecule has 2 N–H and O–H groups in total. The minimum absolute atomic E-state index is 0.0418. The Hall–Kier alpha value is -1.66. The lowest BCUT2D eigenvalue weighted by Crippen LogP contribution is -2.43. The van der Waals surface area contributed by atoms with Crippen LogP contribution >= 0.6 is 0 Å². The van der Waals surface area contributed by atoms with Gasteiger partial charge in [0.2, 0.25) is 0 Å². The Kier molecular flexibility index (Phi) is 2.96. The first-order valence-corrected chi connectivity index (χ1v) is 7.84. The molecule has 4 atom stereocenters. The maximum absolute atomic E-state index is 6.19. The molecule has 6 heteroatoms. The van der Waals surface area contributed by atoms with Gasteiger partial charge in [-0.3, -0.25) is 0 Å². The van der Waals surface area contributed by atoms with Crippen LogP contribution in [0, 0.1) is 5.92 Å². The van der Waals surface area contributed by atoms with Crippen molar-refractivity contribution >= 4 is 11.6 Å². The van der Waals surface area contributed by atoms with Crippen molar-refractivity contribution in [2.75, 3.05) is 17.2 Å². The Labute approximate surface area is 130 Å². The number of aromatic nitrogens is 2. The third kappa shape index (κ3) is 1.94. The second-order valence-electron chi connectivity index (χ2n) is 6.77. The van der Waals surface area contributed by atoms with E-state index < -0.39 is 5.79 Å². The number of nitrogen functional groups attached to an aromatic ring is 1. The number of nitrogens with zero attached hydrogens (tertiary/aromatic N) is 3. The molecule has 1 aliphatic carbocycles. The predicted octanol–water partition coefficient (Wildman–Crippen LogP) is 1.52. The van der Waals surface area contributed by atoms with Crippen molar-refractivity contribution < 1.29 is 9.47 Å². The Morgan fingerprint density at radius 2 is 2.14 bits per heavy atom. The van der Waals surface area contributed by atoms with Crippen molar-refractivity contribution in [2.24, 2.45) is 5.92 Å². The van der Waals surface area contributed by atoms with E-state index in [1.807, 2.05) is 19.9 Å². The standard InChI is InChI=1S/C16H22N4O2/c1-4-9-7-11(13-12(9)21-16(2,3)22-13)20-6-5-10-14(17)18-8-19-15(10)20/h4,8-9,11-13H,1,5-7H2,2-3H3,(H2,17,18,19)/t9-,11+,12-,13+/m0/s1. The number of anilines is 2. The molecule has 118 valence electrons. The summed E-state index contributed by atoms with van der Waals surface area (Å²) in [4.78, 5) is 10.9. The van der Waals surface area contributed by atoms with Gasteiger partial charge < -0.3 is 20.1 Å². The van der Waals surface area contributed by atoms with Crippen LogP contribution in [0.4, 0.5) is 11.6 Å². The van der Waals surface area contributed by atoms with E-state index in [-0.39, 0.29) is 18.2 Å². The summed E-state index contributed by atoms with van der Waals surface area (Å²) in [5.74, 6) is 1.31. The van der Waals surface area contributed by atoms with E-state index in [0.717, 1.165) is 30.8 Å². The van der Waals surface area contributed by atoms with Crippen LogP contribution in [-0.4, -0.2) is 40.5 Å². The molecule has 0 aromatic carbocycles. The average Bonchev–Trinajstić information content (AvgIpc) is 3.10. The van der Waals surface area contributed by atoms with Gasteiger partial charge in [-0.25, -0.2) is 9.97 Å². The van der Waals surface area contributed by atoms with Gasteiger partial charge in [-0.15, -0.1) is 6.58 Å². The van der Waals surface area contributed by atoms with E-state index in [4.69, 9.17) is 15.2 Å². The highest BCUT2D eigenvalue weighted by Gasteiger charge is 2.55. The van der Waals surface area contributed by atoms with Crippen molar-refractivity contribution in [3.05, 3.63) is 24.5 Å². The van der Waals surface area contributed by atoms with Crippen LogP contribution in [0.1, 0.15) is 25.8 Å². The molecule has 1 saturated carbocycles. The number of ether oxygens (including phenoxy) is 2. The van der Waals surface area contributed by atoms with Gasteiger partial charge in [0.05, 0.1) is 12.1 Å². The zero-order valence-corrected chi connectivity index (χ0v) is 13.0. The summed E-state index contributed by atoms with van der Waals surface area (Å²) in [7, 11) is 0. The molecule has 1 saturated heterocycles. The van der Waals surface area contributed by atoms with Crippen LogP contribution in [0.15, 0.2) is 19.0 Å². The summed E-state index contributed by atoms with van der Waals surface area (Å²) in [5, 5.41) is 0. The van der Waals surface area contributed by atoms with Crippen LogP contribution in [0.5, 0.6) is 0 Å². The van der Waals surface area contributed by atoms with Gasteiger partial charge in [0.25, 0.3) is 0 Å². The van der Waals surface area contributed by atoms with E-state index >= 15 is 0 Å². The Morgan fingerprint density at radius 1 is 1.36 bits per heavy atom. The molecule has 2 fully saturated rings. The first kappa shape index (κ1) is 14.0. The normalized spacial score (nSPS) is 35.5. The van der Waals surface area contributed by atoms with Crippen molar-refractivity contribution in [1.29, 1.82) is 0 Å². The van der Waals surface area contributed by atoms with Gasteiger partial charge in [0.15, 0.2) is 5.79 Å². The summed E-state index contributed by atoms with van der Waals surface area (Å²) in [6.07, 6.45) is 5.51. The molecule has 0 radical (unpaired) electrons. The van der Waals surface area contributed by atoms with E-state index in [0.29, 0.717) is 11.7 Å².